The molecular weight excluding hydrogens is 206 g/mol. The molecule has 4 nitrogen and oxygen atoms in total. The number of rotatable bonds is 3. The fourth-order valence-electron chi connectivity index (χ4n) is 2.29. The smallest absolute Gasteiger partial charge is 0.376 e. The summed E-state index contributed by atoms with van der Waals surface area (Å²) in [5, 5.41) is 0. The number of hydrogen-bond donors (Lipinski definition) is 1. The summed E-state index contributed by atoms with van der Waals surface area (Å²) in [6, 6.07) is 0. The standard InChI is InChI=1S/C12H17NO3/c1-2-15-12(14)11-10(13)9(7-16-11)8-5-3-4-6-8/h7-8H,2-6,13H2,1H3. The van der Waals surface area contributed by atoms with E-state index in [9.17, 15) is 4.79 Å². The van der Waals surface area contributed by atoms with E-state index in [0.29, 0.717) is 18.2 Å². The number of hydrogen-bond acceptors (Lipinski definition) is 4. The molecule has 0 saturated heterocycles. The van der Waals surface area contributed by atoms with Crippen LogP contribution in [0.15, 0.2) is 10.7 Å². The zero-order valence-corrected chi connectivity index (χ0v) is 9.49. The van der Waals surface area contributed by atoms with E-state index in [1.165, 1.54) is 12.8 Å². The Kier molecular flexibility index (Phi) is 3.17. The average Bonchev–Trinajstić information content (AvgIpc) is 2.86. The molecule has 1 fully saturated rings. The third-order valence-corrected chi connectivity index (χ3v) is 3.12. The lowest BCUT2D eigenvalue weighted by Crippen LogP contribution is -2.07. The van der Waals surface area contributed by atoms with Crippen LogP contribution < -0.4 is 5.73 Å². The molecule has 0 aliphatic heterocycles. The lowest BCUT2D eigenvalue weighted by Gasteiger charge is -2.06. The number of esters is 1. The quantitative estimate of drug-likeness (QED) is 0.800. The Morgan fingerprint density at radius 3 is 2.88 bits per heavy atom. The van der Waals surface area contributed by atoms with Crippen molar-refractivity contribution in [2.75, 3.05) is 12.3 Å². The maximum atomic E-state index is 11.5. The van der Waals surface area contributed by atoms with Gasteiger partial charge in [0.25, 0.3) is 0 Å². The molecule has 0 unspecified atom stereocenters. The molecule has 1 heterocycles. The molecule has 0 amide bonds. The highest BCUT2D eigenvalue weighted by atomic mass is 16.5. The minimum absolute atomic E-state index is 0.156. The lowest BCUT2D eigenvalue weighted by molar-refractivity contribution is 0.0492. The molecule has 0 spiro atoms. The zero-order chi connectivity index (χ0) is 11.5. The maximum absolute atomic E-state index is 11.5. The molecule has 4 heteroatoms. The molecule has 1 aromatic rings. The van der Waals surface area contributed by atoms with Gasteiger partial charge < -0.3 is 14.9 Å². The number of nitrogens with two attached hydrogens (primary N) is 1. The first-order valence-electron chi connectivity index (χ1n) is 5.78. The van der Waals surface area contributed by atoms with Crippen molar-refractivity contribution in [2.24, 2.45) is 0 Å². The van der Waals surface area contributed by atoms with Gasteiger partial charge in [0.2, 0.25) is 5.76 Å². The Labute approximate surface area is 94.8 Å². The van der Waals surface area contributed by atoms with Gasteiger partial charge in [-0.1, -0.05) is 12.8 Å². The van der Waals surface area contributed by atoms with E-state index < -0.39 is 5.97 Å². The van der Waals surface area contributed by atoms with E-state index in [4.69, 9.17) is 14.9 Å². The van der Waals surface area contributed by atoms with Crippen LogP contribution in [0.4, 0.5) is 5.69 Å². The van der Waals surface area contributed by atoms with Crippen molar-refractivity contribution in [1.29, 1.82) is 0 Å². The zero-order valence-electron chi connectivity index (χ0n) is 9.49. The topological polar surface area (TPSA) is 65.5 Å². The number of furan rings is 1. The molecule has 1 saturated carbocycles. The Morgan fingerprint density at radius 1 is 1.56 bits per heavy atom. The molecule has 2 rings (SSSR count). The molecular formula is C12H17NO3. The van der Waals surface area contributed by atoms with Gasteiger partial charge in [-0.05, 0) is 25.7 Å². The van der Waals surface area contributed by atoms with Gasteiger partial charge >= 0.3 is 5.97 Å². The van der Waals surface area contributed by atoms with Gasteiger partial charge in [-0.2, -0.15) is 0 Å². The van der Waals surface area contributed by atoms with E-state index in [2.05, 4.69) is 0 Å². The number of carbonyl (C=O) groups excluding carboxylic acids is 1. The van der Waals surface area contributed by atoms with Crippen LogP contribution in [-0.2, 0) is 4.74 Å². The Bertz CT molecular complexity index is 378. The van der Waals surface area contributed by atoms with E-state index in [1.807, 2.05) is 0 Å². The molecule has 0 bridgehead atoms. The van der Waals surface area contributed by atoms with E-state index in [-0.39, 0.29) is 5.76 Å². The Hall–Kier alpha value is -1.45. The van der Waals surface area contributed by atoms with Gasteiger partial charge in [-0.25, -0.2) is 4.79 Å². The van der Waals surface area contributed by atoms with Gasteiger partial charge in [-0.3, -0.25) is 0 Å². The number of ether oxygens (including phenoxy) is 1. The van der Waals surface area contributed by atoms with Crippen LogP contribution in [0.2, 0.25) is 0 Å². The molecule has 0 atom stereocenters. The number of anilines is 1. The third kappa shape index (κ3) is 1.92. The van der Waals surface area contributed by atoms with Crippen LogP contribution in [0.3, 0.4) is 0 Å². The molecule has 1 aliphatic carbocycles. The number of carbonyl (C=O) groups is 1. The summed E-state index contributed by atoms with van der Waals surface area (Å²) in [7, 11) is 0. The predicted molar refractivity (Wildman–Crippen MR) is 60.3 cm³/mol. The molecule has 1 aromatic heterocycles. The highest BCUT2D eigenvalue weighted by molar-refractivity contribution is 5.92. The molecule has 2 N–H and O–H groups in total. The van der Waals surface area contributed by atoms with Gasteiger partial charge in [0.15, 0.2) is 0 Å². The lowest BCUT2D eigenvalue weighted by atomic mass is 9.99. The summed E-state index contributed by atoms with van der Waals surface area (Å²) in [5.41, 5.74) is 7.36. The minimum Gasteiger partial charge on any atom is -0.460 e. The van der Waals surface area contributed by atoms with Crippen LogP contribution in [0.1, 0.15) is 54.6 Å². The van der Waals surface area contributed by atoms with Crippen molar-refractivity contribution in [3.05, 3.63) is 17.6 Å². The SMILES string of the molecule is CCOC(=O)c1occ(C2CCCC2)c1N. The van der Waals surface area contributed by atoms with Crippen molar-refractivity contribution >= 4 is 11.7 Å². The van der Waals surface area contributed by atoms with Crippen molar-refractivity contribution in [2.45, 2.75) is 38.5 Å². The molecule has 16 heavy (non-hydrogen) atoms. The Balaban J connectivity index is 2.19. The summed E-state index contributed by atoms with van der Waals surface area (Å²) >= 11 is 0. The second-order valence-corrected chi connectivity index (χ2v) is 4.14. The fourth-order valence-corrected chi connectivity index (χ4v) is 2.29. The second kappa shape index (κ2) is 4.60. The van der Waals surface area contributed by atoms with Crippen molar-refractivity contribution in [3.63, 3.8) is 0 Å². The number of nitrogen functional groups attached to an aromatic ring is 1. The van der Waals surface area contributed by atoms with Crippen LogP contribution in [-0.4, -0.2) is 12.6 Å². The first-order valence-corrected chi connectivity index (χ1v) is 5.78. The molecule has 0 aromatic carbocycles. The summed E-state index contributed by atoms with van der Waals surface area (Å²) < 4.78 is 10.1. The third-order valence-electron chi connectivity index (χ3n) is 3.12. The summed E-state index contributed by atoms with van der Waals surface area (Å²) in [6.07, 6.45) is 6.32. The van der Waals surface area contributed by atoms with Gasteiger partial charge in [0.1, 0.15) is 0 Å². The first-order chi connectivity index (χ1) is 7.74. The molecule has 88 valence electrons. The van der Waals surface area contributed by atoms with Gasteiger partial charge in [0, 0.05) is 5.56 Å². The van der Waals surface area contributed by atoms with Crippen LogP contribution in [0.5, 0.6) is 0 Å². The van der Waals surface area contributed by atoms with Gasteiger partial charge in [0.05, 0.1) is 18.6 Å². The van der Waals surface area contributed by atoms with E-state index >= 15 is 0 Å². The first kappa shape index (κ1) is 11.0. The van der Waals surface area contributed by atoms with Crippen LogP contribution >= 0.6 is 0 Å². The van der Waals surface area contributed by atoms with Crippen LogP contribution in [0, 0.1) is 0 Å². The Morgan fingerprint density at radius 2 is 2.25 bits per heavy atom. The largest absolute Gasteiger partial charge is 0.460 e. The molecule has 1 aliphatic rings. The normalized spacial score (nSPS) is 16.6. The maximum Gasteiger partial charge on any atom is 0.376 e. The van der Waals surface area contributed by atoms with E-state index in [1.54, 1.807) is 13.2 Å². The van der Waals surface area contributed by atoms with Crippen molar-refractivity contribution in [1.82, 2.24) is 0 Å². The van der Waals surface area contributed by atoms with Crippen LogP contribution in [0.25, 0.3) is 0 Å². The monoisotopic (exact) mass is 223 g/mol. The minimum atomic E-state index is -0.468. The summed E-state index contributed by atoms with van der Waals surface area (Å²) in [5.74, 6) is 0.139. The van der Waals surface area contributed by atoms with E-state index in [0.717, 1.165) is 18.4 Å². The van der Waals surface area contributed by atoms with Crippen molar-refractivity contribution in [3.8, 4) is 0 Å². The summed E-state index contributed by atoms with van der Waals surface area (Å²) in [4.78, 5) is 11.5. The second-order valence-electron chi connectivity index (χ2n) is 4.14. The highest BCUT2D eigenvalue weighted by Crippen LogP contribution is 2.38. The average molecular weight is 223 g/mol. The van der Waals surface area contributed by atoms with Crippen molar-refractivity contribution < 1.29 is 13.9 Å². The molecule has 0 radical (unpaired) electrons. The van der Waals surface area contributed by atoms with Gasteiger partial charge in [-0.15, -0.1) is 0 Å². The summed E-state index contributed by atoms with van der Waals surface area (Å²) in [6.45, 7) is 2.09. The highest BCUT2D eigenvalue weighted by Gasteiger charge is 2.26. The fraction of sp³-hybridized carbons (Fsp3) is 0.583. The predicted octanol–water partition coefficient (Wildman–Crippen LogP) is 2.70.